The van der Waals surface area contributed by atoms with E-state index in [-0.39, 0.29) is 35.1 Å². The average molecular weight is 422 g/mol. The number of amides is 2. The number of carbonyl (C=O) groups is 2. The van der Waals surface area contributed by atoms with Crippen molar-refractivity contribution in [3.63, 3.8) is 0 Å². The Morgan fingerprint density at radius 2 is 1.72 bits per heavy atom. The zero-order chi connectivity index (χ0) is 20.4. The van der Waals surface area contributed by atoms with Crippen molar-refractivity contribution >= 4 is 27.5 Å². The van der Waals surface area contributed by atoms with Crippen molar-refractivity contribution in [2.45, 2.75) is 43.0 Å². The molecular weight excluding hydrogens is 394 g/mol. The number of ether oxygens (including phenoxy) is 1. The summed E-state index contributed by atoms with van der Waals surface area (Å²) >= 11 is 0. The highest BCUT2D eigenvalue weighted by Gasteiger charge is 2.38. The smallest absolute Gasteiger partial charge is 0.243 e. The fourth-order valence-corrected chi connectivity index (χ4v) is 5.77. The minimum absolute atomic E-state index is 0.0593. The summed E-state index contributed by atoms with van der Waals surface area (Å²) in [4.78, 5) is 27.0. The Kier molecular flexibility index (Phi) is 5.89. The molecule has 9 heteroatoms. The second kappa shape index (κ2) is 8.41. The fourth-order valence-electron chi connectivity index (χ4n) is 4.37. The monoisotopic (exact) mass is 421 g/mol. The van der Waals surface area contributed by atoms with E-state index in [1.54, 1.807) is 12.1 Å². The number of hydrogen-bond acceptors (Lipinski definition) is 5. The molecule has 1 aromatic carbocycles. The lowest BCUT2D eigenvalue weighted by atomic mass is 10.1. The van der Waals surface area contributed by atoms with Crippen LogP contribution >= 0.6 is 0 Å². The lowest BCUT2D eigenvalue weighted by Gasteiger charge is -2.26. The quantitative estimate of drug-likeness (QED) is 0.776. The average Bonchev–Trinajstić information content (AvgIpc) is 3.38. The third-order valence-corrected chi connectivity index (χ3v) is 7.94. The van der Waals surface area contributed by atoms with Gasteiger partial charge in [-0.3, -0.25) is 9.59 Å². The van der Waals surface area contributed by atoms with Crippen molar-refractivity contribution in [3.8, 4) is 0 Å². The number of rotatable bonds is 5. The van der Waals surface area contributed by atoms with Gasteiger partial charge in [0, 0.05) is 37.8 Å². The molecule has 29 heavy (non-hydrogen) atoms. The summed E-state index contributed by atoms with van der Waals surface area (Å²) in [6.07, 6.45) is 4.58. The van der Waals surface area contributed by atoms with Gasteiger partial charge in [0.2, 0.25) is 21.8 Å². The number of benzene rings is 1. The predicted octanol–water partition coefficient (Wildman–Crippen LogP) is 1.44. The number of anilines is 1. The van der Waals surface area contributed by atoms with Gasteiger partial charge in [-0.15, -0.1) is 0 Å². The number of nitrogens with zero attached hydrogens (tertiary/aromatic N) is 2. The van der Waals surface area contributed by atoms with Crippen LogP contribution in [0.3, 0.4) is 0 Å². The topological polar surface area (TPSA) is 96.0 Å². The summed E-state index contributed by atoms with van der Waals surface area (Å²) < 4.78 is 32.0. The van der Waals surface area contributed by atoms with Crippen molar-refractivity contribution < 1.29 is 22.7 Å². The van der Waals surface area contributed by atoms with Gasteiger partial charge in [-0.25, -0.2) is 8.42 Å². The predicted molar refractivity (Wildman–Crippen MR) is 107 cm³/mol. The molecule has 2 saturated heterocycles. The van der Waals surface area contributed by atoms with E-state index in [1.807, 2.05) is 4.90 Å². The van der Waals surface area contributed by atoms with Gasteiger partial charge in [0.1, 0.15) is 0 Å². The van der Waals surface area contributed by atoms with Crippen molar-refractivity contribution in [3.05, 3.63) is 24.3 Å². The third kappa shape index (κ3) is 4.31. The maximum absolute atomic E-state index is 12.7. The zero-order valence-corrected chi connectivity index (χ0v) is 17.2. The molecule has 0 aromatic heterocycles. The lowest BCUT2D eigenvalue weighted by molar-refractivity contribution is -0.129. The standard InChI is InChI=1S/C20H27N3O5S/c24-19-13-15(14-23(19)17-3-1-2-4-17)20(25)21-16-5-7-18(8-6-16)29(26,27)22-9-11-28-12-10-22/h5-8,15,17H,1-4,9-14H2,(H,21,25)/t15-/m1/s1. The van der Waals surface area contributed by atoms with E-state index in [9.17, 15) is 18.0 Å². The van der Waals surface area contributed by atoms with Crippen LogP contribution < -0.4 is 5.32 Å². The molecule has 1 aromatic rings. The minimum atomic E-state index is -3.56. The summed E-state index contributed by atoms with van der Waals surface area (Å²) in [5.74, 6) is -0.494. The van der Waals surface area contributed by atoms with Crippen LogP contribution in [-0.2, 0) is 24.3 Å². The maximum Gasteiger partial charge on any atom is 0.243 e. The van der Waals surface area contributed by atoms with Crippen LogP contribution in [0.15, 0.2) is 29.2 Å². The Bertz CT molecular complexity index is 859. The molecule has 3 fully saturated rings. The Labute approximate surface area is 171 Å². The first-order valence-electron chi connectivity index (χ1n) is 10.2. The van der Waals surface area contributed by atoms with Crippen molar-refractivity contribution in [1.82, 2.24) is 9.21 Å². The molecule has 8 nitrogen and oxygen atoms in total. The van der Waals surface area contributed by atoms with Crippen molar-refractivity contribution in [2.75, 3.05) is 38.2 Å². The molecule has 1 N–H and O–H groups in total. The van der Waals surface area contributed by atoms with Crippen LogP contribution in [0.2, 0.25) is 0 Å². The zero-order valence-electron chi connectivity index (χ0n) is 16.4. The van der Waals surface area contributed by atoms with Crippen LogP contribution in [0.25, 0.3) is 0 Å². The second-order valence-electron chi connectivity index (χ2n) is 7.92. The van der Waals surface area contributed by atoms with Crippen molar-refractivity contribution in [1.29, 1.82) is 0 Å². The minimum Gasteiger partial charge on any atom is -0.379 e. The maximum atomic E-state index is 12.7. The number of nitrogens with one attached hydrogen (secondary N) is 1. The van der Waals surface area contributed by atoms with Gasteiger partial charge in [-0.2, -0.15) is 4.31 Å². The summed E-state index contributed by atoms with van der Waals surface area (Å²) in [6, 6.07) is 6.48. The first kappa shape index (κ1) is 20.3. The van der Waals surface area contributed by atoms with E-state index in [1.165, 1.54) is 16.4 Å². The van der Waals surface area contributed by atoms with Gasteiger partial charge in [0.25, 0.3) is 0 Å². The molecule has 0 radical (unpaired) electrons. The third-order valence-electron chi connectivity index (χ3n) is 6.02. The highest BCUT2D eigenvalue weighted by atomic mass is 32.2. The van der Waals surface area contributed by atoms with E-state index >= 15 is 0 Å². The van der Waals surface area contributed by atoms with Gasteiger partial charge >= 0.3 is 0 Å². The lowest BCUT2D eigenvalue weighted by Crippen LogP contribution is -2.40. The molecule has 2 aliphatic heterocycles. The molecule has 2 amide bonds. The van der Waals surface area contributed by atoms with Gasteiger partial charge in [0.05, 0.1) is 24.0 Å². The van der Waals surface area contributed by atoms with Gasteiger partial charge in [-0.05, 0) is 37.1 Å². The second-order valence-corrected chi connectivity index (χ2v) is 9.85. The van der Waals surface area contributed by atoms with E-state index in [2.05, 4.69) is 5.32 Å². The SMILES string of the molecule is O=C(Nc1ccc(S(=O)(=O)N2CCOCC2)cc1)[C@@H]1CC(=O)N(C2CCCC2)C1. The number of sulfonamides is 1. The highest BCUT2D eigenvalue weighted by molar-refractivity contribution is 7.89. The van der Waals surface area contributed by atoms with E-state index in [0.717, 1.165) is 25.7 Å². The van der Waals surface area contributed by atoms with Gasteiger partial charge in [-0.1, -0.05) is 12.8 Å². The first-order chi connectivity index (χ1) is 13.9. The molecule has 1 saturated carbocycles. The highest BCUT2D eigenvalue weighted by Crippen LogP contribution is 2.30. The summed E-state index contributed by atoms with van der Waals surface area (Å²) in [7, 11) is -3.56. The van der Waals surface area contributed by atoms with Crippen LogP contribution in [0, 0.1) is 5.92 Å². The molecule has 3 aliphatic rings. The first-order valence-corrected chi connectivity index (χ1v) is 11.7. The summed E-state index contributed by atoms with van der Waals surface area (Å²) in [5, 5.41) is 2.83. The van der Waals surface area contributed by atoms with Crippen LogP contribution in [0.4, 0.5) is 5.69 Å². The number of hydrogen-bond donors (Lipinski definition) is 1. The van der Waals surface area contributed by atoms with Crippen LogP contribution in [-0.4, -0.2) is 68.3 Å². The number of morpholine rings is 1. The van der Waals surface area contributed by atoms with Crippen LogP contribution in [0.1, 0.15) is 32.1 Å². The molecule has 1 atom stereocenters. The molecule has 0 unspecified atom stereocenters. The van der Waals surface area contributed by atoms with Crippen molar-refractivity contribution in [2.24, 2.45) is 5.92 Å². The Balaban J connectivity index is 1.37. The summed E-state index contributed by atoms with van der Waals surface area (Å²) in [6.45, 7) is 1.94. The molecule has 0 spiro atoms. The normalized spacial score (nSPS) is 24.2. The number of likely N-dealkylation sites (tertiary alicyclic amines) is 1. The largest absolute Gasteiger partial charge is 0.379 e. The summed E-state index contributed by atoms with van der Waals surface area (Å²) in [5.41, 5.74) is 0.530. The Hall–Kier alpha value is -1.97. The van der Waals surface area contributed by atoms with Gasteiger partial charge < -0.3 is 15.0 Å². The Morgan fingerprint density at radius 1 is 1.07 bits per heavy atom. The molecule has 2 heterocycles. The Morgan fingerprint density at radius 3 is 2.38 bits per heavy atom. The van der Waals surface area contributed by atoms with E-state index in [4.69, 9.17) is 4.74 Å². The molecule has 0 bridgehead atoms. The molecular formula is C20H27N3O5S. The molecule has 4 rings (SSSR count). The fraction of sp³-hybridized carbons (Fsp3) is 0.600. The van der Waals surface area contributed by atoms with Gasteiger partial charge in [0.15, 0.2) is 0 Å². The number of carbonyl (C=O) groups excluding carboxylic acids is 2. The molecule has 158 valence electrons. The van der Waals surface area contributed by atoms with Crippen LogP contribution in [0.5, 0.6) is 0 Å². The molecule has 1 aliphatic carbocycles. The van der Waals surface area contributed by atoms with E-state index in [0.29, 0.717) is 38.5 Å². The van der Waals surface area contributed by atoms with E-state index < -0.39 is 10.0 Å².